The van der Waals surface area contributed by atoms with E-state index in [-0.39, 0.29) is 5.43 Å². The van der Waals surface area contributed by atoms with Gasteiger partial charge < -0.3 is 9.72 Å². The number of ether oxygens (including phenoxy) is 1. The van der Waals surface area contributed by atoms with E-state index in [0.717, 1.165) is 48.6 Å². The lowest BCUT2D eigenvalue weighted by atomic mass is 10.2. The Morgan fingerprint density at radius 3 is 3.00 bits per heavy atom. The van der Waals surface area contributed by atoms with Crippen molar-refractivity contribution in [3.63, 3.8) is 0 Å². The molecule has 0 aromatic carbocycles. The predicted octanol–water partition coefficient (Wildman–Crippen LogP) is 1.73. The third-order valence-corrected chi connectivity index (χ3v) is 4.34. The van der Waals surface area contributed by atoms with Gasteiger partial charge in [0.05, 0.1) is 18.6 Å². The molecule has 0 bridgehead atoms. The van der Waals surface area contributed by atoms with Crippen LogP contribution in [0.25, 0.3) is 10.2 Å². The maximum Gasteiger partial charge on any atom is 0.193 e. The molecule has 3 heterocycles. The molecule has 0 amide bonds. The number of nitrogens with zero attached hydrogens (tertiary/aromatic N) is 1. The van der Waals surface area contributed by atoms with Crippen molar-refractivity contribution in [2.24, 2.45) is 0 Å². The van der Waals surface area contributed by atoms with Crippen LogP contribution < -0.4 is 5.43 Å². The number of aromatic nitrogens is 1. The molecular weight excluding hydrogens is 248 g/mol. The summed E-state index contributed by atoms with van der Waals surface area (Å²) in [7, 11) is 0. The van der Waals surface area contributed by atoms with Gasteiger partial charge in [0, 0.05) is 36.3 Å². The Hall–Kier alpha value is -1.17. The Kier molecular flexibility index (Phi) is 3.20. The van der Waals surface area contributed by atoms with Gasteiger partial charge in [-0.1, -0.05) is 0 Å². The number of morpholine rings is 1. The molecule has 4 nitrogen and oxygen atoms in total. The first-order valence-electron chi connectivity index (χ1n) is 6.15. The highest BCUT2D eigenvalue weighted by atomic mass is 32.1. The van der Waals surface area contributed by atoms with Gasteiger partial charge in [0.1, 0.15) is 4.83 Å². The van der Waals surface area contributed by atoms with Crippen molar-refractivity contribution in [1.29, 1.82) is 0 Å². The topological polar surface area (TPSA) is 45.3 Å². The van der Waals surface area contributed by atoms with Gasteiger partial charge in [-0.2, -0.15) is 0 Å². The van der Waals surface area contributed by atoms with Crippen molar-refractivity contribution in [3.05, 3.63) is 32.9 Å². The first-order valence-corrected chi connectivity index (χ1v) is 6.96. The lowest BCUT2D eigenvalue weighted by Gasteiger charge is -2.25. The van der Waals surface area contributed by atoms with E-state index in [1.165, 1.54) is 4.88 Å². The van der Waals surface area contributed by atoms with E-state index in [2.05, 4.69) is 9.88 Å². The molecule has 96 valence electrons. The van der Waals surface area contributed by atoms with Crippen molar-refractivity contribution in [2.75, 3.05) is 26.3 Å². The summed E-state index contributed by atoms with van der Waals surface area (Å²) < 4.78 is 5.34. The first-order chi connectivity index (χ1) is 8.74. The van der Waals surface area contributed by atoms with Gasteiger partial charge in [-0.25, -0.2) is 0 Å². The molecule has 2 aromatic rings. The van der Waals surface area contributed by atoms with Gasteiger partial charge in [0.2, 0.25) is 0 Å². The smallest absolute Gasteiger partial charge is 0.193 e. The number of hydrogen-bond acceptors (Lipinski definition) is 4. The van der Waals surface area contributed by atoms with Crippen LogP contribution in [0.2, 0.25) is 0 Å². The van der Waals surface area contributed by atoms with Crippen LogP contribution in [0.15, 0.2) is 17.1 Å². The summed E-state index contributed by atoms with van der Waals surface area (Å²) in [5, 5.41) is 0.822. The summed E-state index contributed by atoms with van der Waals surface area (Å²) in [4.78, 5) is 19.8. The highest BCUT2D eigenvalue weighted by molar-refractivity contribution is 7.18. The number of nitrogens with one attached hydrogen (secondary N) is 1. The van der Waals surface area contributed by atoms with Crippen LogP contribution in [0.4, 0.5) is 0 Å². The van der Waals surface area contributed by atoms with E-state index in [1.54, 1.807) is 17.5 Å². The molecule has 1 saturated heterocycles. The minimum absolute atomic E-state index is 0.147. The largest absolute Gasteiger partial charge is 0.379 e. The second-order valence-electron chi connectivity index (χ2n) is 4.64. The third kappa shape index (κ3) is 2.21. The SMILES string of the molecule is Cc1c[nH]c2sc(CN3CCOCC3)cc2c1=O. The van der Waals surface area contributed by atoms with E-state index in [1.807, 2.05) is 13.0 Å². The lowest BCUT2D eigenvalue weighted by molar-refractivity contribution is 0.0346. The Balaban J connectivity index is 1.89. The summed E-state index contributed by atoms with van der Waals surface area (Å²) in [6.45, 7) is 6.32. The molecule has 0 radical (unpaired) electrons. The fourth-order valence-corrected chi connectivity index (χ4v) is 3.29. The monoisotopic (exact) mass is 264 g/mol. The Labute approximate surface area is 109 Å². The van der Waals surface area contributed by atoms with Crippen LogP contribution >= 0.6 is 11.3 Å². The van der Waals surface area contributed by atoms with E-state index < -0.39 is 0 Å². The Bertz CT molecular complexity index is 611. The van der Waals surface area contributed by atoms with E-state index in [4.69, 9.17) is 4.74 Å². The summed E-state index contributed by atoms with van der Waals surface area (Å²) >= 11 is 1.68. The molecule has 0 aliphatic carbocycles. The van der Waals surface area contributed by atoms with Crippen LogP contribution in [0.3, 0.4) is 0 Å². The normalized spacial score (nSPS) is 17.4. The van der Waals surface area contributed by atoms with Crippen molar-refractivity contribution in [3.8, 4) is 0 Å². The molecule has 0 unspecified atom stereocenters. The molecule has 1 fully saturated rings. The minimum atomic E-state index is 0.147. The molecule has 3 rings (SSSR count). The zero-order valence-electron chi connectivity index (χ0n) is 10.4. The third-order valence-electron chi connectivity index (χ3n) is 3.29. The van der Waals surface area contributed by atoms with Gasteiger partial charge in [-0.15, -0.1) is 11.3 Å². The molecule has 18 heavy (non-hydrogen) atoms. The molecule has 0 spiro atoms. The fraction of sp³-hybridized carbons (Fsp3) is 0.462. The average Bonchev–Trinajstić information content (AvgIpc) is 2.79. The second kappa shape index (κ2) is 4.84. The van der Waals surface area contributed by atoms with Gasteiger partial charge in [-0.05, 0) is 13.0 Å². The molecule has 0 atom stereocenters. The number of pyridine rings is 1. The second-order valence-corrected chi connectivity index (χ2v) is 5.78. The van der Waals surface area contributed by atoms with Crippen molar-refractivity contribution in [2.45, 2.75) is 13.5 Å². The maximum atomic E-state index is 12.0. The van der Waals surface area contributed by atoms with E-state index in [9.17, 15) is 4.79 Å². The van der Waals surface area contributed by atoms with Crippen molar-refractivity contribution < 1.29 is 4.74 Å². The highest BCUT2D eigenvalue weighted by Gasteiger charge is 2.13. The van der Waals surface area contributed by atoms with Gasteiger partial charge in [-0.3, -0.25) is 9.69 Å². The zero-order chi connectivity index (χ0) is 12.5. The molecule has 0 saturated carbocycles. The number of H-pyrrole nitrogens is 1. The highest BCUT2D eigenvalue weighted by Crippen LogP contribution is 2.23. The number of aromatic amines is 1. The van der Waals surface area contributed by atoms with E-state index >= 15 is 0 Å². The average molecular weight is 264 g/mol. The molecular formula is C13H16N2O2S. The van der Waals surface area contributed by atoms with Crippen molar-refractivity contribution >= 4 is 21.6 Å². The molecule has 1 aliphatic rings. The molecule has 1 aliphatic heterocycles. The predicted molar refractivity (Wildman–Crippen MR) is 73.3 cm³/mol. The summed E-state index contributed by atoms with van der Waals surface area (Å²) in [5.74, 6) is 0. The van der Waals surface area contributed by atoms with Crippen molar-refractivity contribution in [1.82, 2.24) is 9.88 Å². The van der Waals surface area contributed by atoms with Gasteiger partial charge in [0.25, 0.3) is 0 Å². The Morgan fingerprint density at radius 1 is 1.44 bits per heavy atom. The zero-order valence-corrected chi connectivity index (χ0v) is 11.2. The number of rotatable bonds is 2. The summed E-state index contributed by atoms with van der Waals surface area (Å²) in [6.07, 6.45) is 1.79. The van der Waals surface area contributed by atoms with Crippen LogP contribution in [0.1, 0.15) is 10.4 Å². The van der Waals surface area contributed by atoms with Gasteiger partial charge >= 0.3 is 0 Å². The number of fused-ring (bicyclic) bond motifs is 1. The maximum absolute atomic E-state index is 12.0. The summed E-state index contributed by atoms with van der Waals surface area (Å²) in [6, 6.07) is 2.03. The van der Waals surface area contributed by atoms with Crippen LogP contribution in [-0.2, 0) is 11.3 Å². The van der Waals surface area contributed by atoms with Crippen LogP contribution in [0.5, 0.6) is 0 Å². The number of aryl methyl sites for hydroxylation is 1. The number of hydrogen-bond donors (Lipinski definition) is 1. The molecule has 2 aromatic heterocycles. The molecule has 1 N–H and O–H groups in total. The molecule has 5 heteroatoms. The first kappa shape index (κ1) is 11.9. The quantitative estimate of drug-likeness (QED) is 0.898. The van der Waals surface area contributed by atoms with Gasteiger partial charge in [0.15, 0.2) is 5.43 Å². The fourth-order valence-electron chi connectivity index (χ4n) is 2.23. The minimum Gasteiger partial charge on any atom is -0.379 e. The van der Waals surface area contributed by atoms with Crippen LogP contribution in [0, 0.1) is 6.92 Å². The number of thiophene rings is 1. The lowest BCUT2D eigenvalue weighted by Crippen LogP contribution is -2.35. The standard InChI is InChI=1S/C13H16N2O2S/c1-9-7-14-13-11(12(9)16)6-10(18-13)8-15-2-4-17-5-3-15/h6-7H,2-5,8H2,1H3,(H,14,16). The summed E-state index contributed by atoms with van der Waals surface area (Å²) in [5.41, 5.74) is 0.923. The van der Waals surface area contributed by atoms with E-state index in [0.29, 0.717) is 0 Å². The Morgan fingerprint density at radius 2 is 2.22 bits per heavy atom. The van der Waals surface area contributed by atoms with Crippen LogP contribution in [-0.4, -0.2) is 36.2 Å².